The summed E-state index contributed by atoms with van der Waals surface area (Å²) >= 11 is 0. The molecule has 0 saturated heterocycles. The van der Waals surface area contributed by atoms with Crippen molar-refractivity contribution in [1.82, 2.24) is 0 Å². The molecular formula is C13H15NO8. The number of ether oxygens (including phenoxy) is 3. The third kappa shape index (κ3) is 6.66. The maximum Gasteiger partial charge on any atom is 0.342 e. The highest BCUT2D eigenvalue weighted by Crippen LogP contribution is 2.19. The normalized spacial score (nSPS) is 9.86. The van der Waals surface area contributed by atoms with Gasteiger partial charge in [-0.1, -0.05) is 12.1 Å². The van der Waals surface area contributed by atoms with E-state index in [1.165, 1.54) is 19.1 Å². The van der Waals surface area contributed by atoms with Crippen LogP contribution in [0.2, 0.25) is 0 Å². The molecule has 0 unspecified atom stereocenters. The van der Waals surface area contributed by atoms with Crippen LogP contribution in [0.15, 0.2) is 24.3 Å². The number of carbonyl (C=O) groups excluding carboxylic acids is 2. The summed E-state index contributed by atoms with van der Waals surface area (Å²) in [6.07, 6.45) is 0. The fourth-order valence-corrected chi connectivity index (χ4v) is 1.42. The monoisotopic (exact) mass is 313 g/mol. The molecule has 0 amide bonds. The Kier molecular flexibility index (Phi) is 7.34. The lowest BCUT2D eigenvalue weighted by Crippen LogP contribution is -2.15. The van der Waals surface area contributed by atoms with E-state index < -0.39 is 17.0 Å². The third-order valence-electron chi connectivity index (χ3n) is 2.25. The van der Waals surface area contributed by atoms with E-state index in [4.69, 9.17) is 14.2 Å². The first-order valence-corrected chi connectivity index (χ1v) is 6.30. The molecule has 0 fully saturated rings. The first-order valence-electron chi connectivity index (χ1n) is 6.30. The molecule has 0 saturated carbocycles. The zero-order chi connectivity index (χ0) is 16.4. The number of nitrogens with zero attached hydrogens (tertiary/aromatic N) is 1. The van der Waals surface area contributed by atoms with Crippen molar-refractivity contribution < 1.29 is 33.7 Å². The summed E-state index contributed by atoms with van der Waals surface area (Å²) in [6, 6.07) is 6.17. The maximum absolute atomic E-state index is 11.8. The number of hydrogen-bond donors (Lipinski definition) is 0. The van der Waals surface area contributed by atoms with Crippen LogP contribution >= 0.6 is 0 Å². The van der Waals surface area contributed by atoms with Gasteiger partial charge in [0.05, 0.1) is 13.2 Å². The first-order chi connectivity index (χ1) is 10.5. The molecule has 0 radical (unpaired) electrons. The molecule has 0 atom stereocenters. The molecule has 0 spiro atoms. The minimum Gasteiger partial charge on any atom is -0.460 e. The van der Waals surface area contributed by atoms with E-state index >= 15 is 0 Å². The standard InChI is InChI=1S/C13H15NO8/c1-10(15)22-12-5-3-2-4-11(12)13(16)20-8-6-19-7-9-21-14(17)18/h2-5H,6-9H2,1H3. The smallest absolute Gasteiger partial charge is 0.342 e. The second kappa shape index (κ2) is 9.29. The zero-order valence-electron chi connectivity index (χ0n) is 11.9. The van der Waals surface area contributed by atoms with E-state index in [-0.39, 0.29) is 37.7 Å². The lowest BCUT2D eigenvalue weighted by Gasteiger charge is -2.09. The number of benzene rings is 1. The molecule has 0 aliphatic rings. The Labute approximate surface area is 125 Å². The minimum atomic E-state index is -0.921. The fraction of sp³-hybridized carbons (Fsp3) is 0.385. The number of hydrogen-bond acceptors (Lipinski definition) is 8. The third-order valence-corrected chi connectivity index (χ3v) is 2.25. The van der Waals surface area contributed by atoms with Crippen LogP contribution in [-0.4, -0.2) is 43.5 Å². The van der Waals surface area contributed by atoms with Crippen LogP contribution in [0.25, 0.3) is 0 Å². The summed E-state index contributed by atoms with van der Waals surface area (Å²) in [5.41, 5.74) is 0.120. The summed E-state index contributed by atoms with van der Waals surface area (Å²) < 4.78 is 14.8. The number of esters is 2. The van der Waals surface area contributed by atoms with Gasteiger partial charge in [-0.3, -0.25) is 4.79 Å². The van der Waals surface area contributed by atoms with Crippen LogP contribution in [-0.2, 0) is 19.1 Å². The Balaban J connectivity index is 2.34. The molecule has 0 aliphatic carbocycles. The van der Waals surface area contributed by atoms with Crippen molar-refractivity contribution in [2.24, 2.45) is 0 Å². The van der Waals surface area contributed by atoms with E-state index in [0.717, 1.165) is 0 Å². The Morgan fingerprint density at radius 2 is 1.82 bits per heavy atom. The van der Waals surface area contributed by atoms with Crippen molar-refractivity contribution in [3.63, 3.8) is 0 Å². The fourth-order valence-electron chi connectivity index (χ4n) is 1.42. The molecule has 0 heterocycles. The zero-order valence-corrected chi connectivity index (χ0v) is 11.9. The Bertz CT molecular complexity index is 531. The van der Waals surface area contributed by atoms with Crippen LogP contribution in [0.1, 0.15) is 17.3 Å². The lowest BCUT2D eigenvalue weighted by molar-refractivity contribution is -0.758. The largest absolute Gasteiger partial charge is 0.460 e. The van der Waals surface area contributed by atoms with Crippen LogP contribution in [0, 0.1) is 10.1 Å². The van der Waals surface area contributed by atoms with Gasteiger partial charge in [-0.05, 0) is 12.1 Å². The van der Waals surface area contributed by atoms with Crippen molar-refractivity contribution >= 4 is 11.9 Å². The SMILES string of the molecule is CC(=O)Oc1ccccc1C(=O)OCCOCCO[N+](=O)[O-]. The Hall–Kier alpha value is -2.68. The average molecular weight is 313 g/mol. The summed E-state index contributed by atoms with van der Waals surface area (Å²) in [6.45, 7) is 1.04. The van der Waals surface area contributed by atoms with Gasteiger partial charge in [0.1, 0.15) is 24.5 Å². The van der Waals surface area contributed by atoms with Gasteiger partial charge in [0, 0.05) is 6.92 Å². The lowest BCUT2D eigenvalue weighted by atomic mass is 10.2. The van der Waals surface area contributed by atoms with E-state index in [1.54, 1.807) is 12.1 Å². The molecule has 1 aromatic rings. The van der Waals surface area contributed by atoms with Crippen LogP contribution < -0.4 is 4.74 Å². The molecule has 9 nitrogen and oxygen atoms in total. The molecule has 0 aromatic heterocycles. The van der Waals surface area contributed by atoms with E-state index in [1.807, 2.05) is 0 Å². The average Bonchev–Trinajstić information content (AvgIpc) is 2.45. The van der Waals surface area contributed by atoms with Crippen LogP contribution in [0.3, 0.4) is 0 Å². The molecule has 0 N–H and O–H groups in total. The Morgan fingerprint density at radius 3 is 2.50 bits per heavy atom. The van der Waals surface area contributed by atoms with E-state index in [0.29, 0.717) is 0 Å². The van der Waals surface area contributed by atoms with E-state index in [9.17, 15) is 19.7 Å². The highest BCUT2D eigenvalue weighted by Gasteiger charge is 2.14. The first kappa shape index (κ1) is 17.4. The minimum absolute atomic E-state index is 0.00254. The van der Waals surface area contributed by atoms with Crippen molar-refractivity contribution in [2.45, 2.75) is 6.92 Å². The number of carbonyl (C=O) groups is 2. The Morgan fingerprint density at radius 1 is 1.14 bits per heavy atom. The highest BCUT2D eigenvalue weighted by molar-refractivity contribution is 5.93. The summed E-state index contributed by atoms with van der Waals surface area (Å²) in [5.74, 6) is -1.10. The van der Waals surface area contributed by atoms with Gasteiger partial charge in [0.2, 0.25) is 0 Å². The molecule has 9 heteroatoms. The molecule has 22 heavy (non-hydrogen) atoms. The van der Waals surface area contributed by atoms with Crippen LogP contribution in [0.5, 0.6) is 5.75 Å². The second-order valence-corrected chi connectivity index (χ2v) is 3.89. The summed E-state index contributed by atoms with van der Waals surface area (Å²) in [4.78, 5) is 36.7. The molecule has 0 aliphatic heterocycles. The van der Waals surface area contributed by atoms with Crippen LogP contribution in [0.4, 0.5) is 0 Å². The topological polar surface area (TPSA) is 114 Å². The predicted octanol–water partition coefficient (Wildman–Crippen LogP) is 0.994. The molecule has 120 valence electrons. The summed E-state index contributed by atoms with van der Waals surface area (Å²) in [7, 11) is 0. The van der Waals surface area contributed by atoms with Crippen molar-refractivity contribution in [3.05, 3.63) is 39.9 Å². The second-order valence-electron chi connectivity index (χ2n) is 3.89. The quantitative estimate of drug-likeness (QED) is 0.218. The number of para-hydroxylation sites is 1. The van der Waals surface area contributed by atoms with Crippen molar-refractivity contribution in [3.8, 4) is 5.75 Å². The van der Waals surface area contributed by atoms with Gasteiger partial charge in [-0.25, -0.2) is 4.79 Å². The molecule has 0 bridgehead atoms. The molecule has 1 rings (SSSR count). The van der Waals surface area contributed by atoms with Gasteiger partial charge in [0.25, 0.3) is 5.09 Å². The van der Waals surface area contributed by atoms with Crippen molar-refractivity contribution in [1.29, 1.82) is 0 Å². The maximum atomic E-state index is 11.8. The highest BCUT2D eigenvalue weighted by atomic mass is 17.0. The van der Waals surface area contributed by atoms with Gasteiger partial charge in [-0.15, -0.1) is 10.1 Å². The number of rotatable bonds is 9. The molecule has 1 aromatic carbocycles. The summed E-state index contributed by atoms with van der Waals surface area (Å²) in [5, 5.41) is 8.94. The molecular weight excluding hydrogens is 298 g/mol. The van der Waals surface area contributed by atoms with Gasteiger partial charge in [-0.2, -0.15) is 0 Å². The van der Waals surface area contributed by atoms with Crippen molar-refractivity contribution in [2.75, 3.05) is 26.4 Å². The van der Waals surface area contributed by atoms with E-state index in [2.05, 4.69) is 4.84 Å². The van der Waals surface area contributed by atoms with Gasteiger partial charge in [0.15, 0.2) is 0 Å². The predicted molar refractivity (Wildman–Crippen MR) is 71.8 cm³/mol. The van der Waals surface area contributed by atoms with Gasteiger partial charge >= 0.3 is 11.9 Å². The van der Waals surface area contributed by atoms with Gasteiger partial charge < -0.3 is 19.0 Å².